The van der Waals surface area contributed by atoms with E-state index in [0.29, 0.717) is 0 Å². The molecule has 0 aliphatic rings. The van der Waals surface area contributed by atoms with Crippen molar-refractivity contribution < 1.29 is 32.2 Å². The van der Waals surface area contributed by atoms with Crippen molar-refractivity contribution in [3.63, 3.8) is 0 Å². The lowest BCUT2D eigenvalue weighted by Crippen LogP contribution is -2.11. The molecule has 1 aromatic carbocycles. The molecule has 120 valence electrons. The molecule has 0 fully saturated rings. The van der Waals surface area contributed by atoms with Crippen molar-refractivity contribution in [2.45, 2.75) is 20.0 Å². The average molecular weight is 316 g/mol. The predicted molar refractivity (Wildman–Crippen MR) is 72.7 cm³/mol. The molecule has 4 nitrogen and oxygen atoms in total. The van der Waals surface area contributed by atoms with Crippen molar-refractivity contribution in [3.8, 4) is 0 Å². The summed E-state index contributed by atoms with van der Waals surface area (Å²) in [5.74, 6) is -1.58. The molecule has 1 rings (SSSR count). The molecule has 0 N–H and O–H groups in total. The van der Waals surface area contributed by atoms with Crippen LogP contribution >= 0.6 is 0 Å². The van der Waals surface area contributed by atoms with Gasteiger partial charge in [-0.05, 0) is 31.5 Å². The van der Waals surface area contributed by atoms with Crippen LogP contribution in [0.15, 0.2) is 30.3 Å². The Balaban J connectivity index is 3.16. The van der Waals surface area contributed by atoms with Crippen molar-refractivity contribution in [2.24, 2.45) is 0 Å². The Labute approximate surface area is 125 Å². The minimum atomic E-state index is -4.48. The van der Waals surface area contributed by atoms with E-state index in [1.807, 2.05) is 0 Å². The Hall–Kier alpha value is -2.31. The number of carbonyl (C=O) groups is 2. The number of halogens is 3. The molecule has 1 aromatic rings. The number of rotatable bonds is 5. The second-order valence-electron chi connectivity index (χ2n) is 4.11. The number of hydrogen-bond donors (Lipinski definition) is 0. The summed E-state index contributed by atoms with van der Waals surface area (Å²) in [7, 11) is 0. The first kappa shape index (κ1) is 17.7. The second kappa shape index (κ2) is 7.63. The molecule has 0 atom stereocenters. The number of benzene rings is 1. The van der Waals surface area contributed by atoms with Gasteiger partial charge in [0.2, 0.25) is 0 Å². The normalized spacial score (nSPS) is 12.0. The molecule has 7 heteroatoms. The van der Waals surface area contributed by atoms with Gasteiger partial charge in [0.05, 0.1) is 24.4 Å². The molecule has 0 aromatic heterocycles. The Morgan fingerprint density at radius 2 is 1.59 bits per heavy atom. The largest absolute Gasteiger partial charge is 0.463 e. The van der Waals surface area contributed by atoms with Gasteiger partial charge in [0.25, 0.3) is 0 Å². The monoisotopic (exact) mass is 316 g/mol. The van der Waals surface area contributed by atoms with Gasteiger partial charge in [0.1, 0.15) is 0 Å². The van der Waals surface area contributed by atoms with E-state index in [0.717, 1.165) is 30.3 Å². The average Bonchev–Trinajstić information content (AvgIpc) is 2.44. The number of hydrogen-bond acceptors (Lipinski definition) is 4. The maximum Gasteiger partial charge on any atom is 0.416 e. The van der Waals surface area contributed by atoms with Crippen molar-refractivity contribution in [1.82, 2.24) is 0 Å². The van der Waals surface area contributed by atoms with Gasteiger partial charge < -0.3 is 9.47 Å². The van der Waals surface area contributed by atoms with Gasteiger partial charge in [-0.1, -0.05) is 12.1 Å². The zero-order chi connectivity index (χ0) is 16.8. The van der Waals surface area contributed by atoms with Gasteiger partial charge in [0, 0.05) is 6.08 Å². The van der Waals surface area contributed by atoms with Gasteiger partial charge in [-0.3, -0.25) is 0 Å². The van der Waals surface area contributed by atoms with Gasteiger partial charge in [-0.2, -0.15) is 13.2 Å². The van der Waals surface area contributed by atoms with Crippen LogP contribution in [-0.4, -0.2) is 25.2 Å². The highest BCUT2D eigenvalue weighted by Crippen LogP contribution is 2.30. The minimum Gasteiger partial charge on any atom is -0.463 e. The van der Waals surface area contributed by atoms with E-state index in [1.54, 1.807) is 13.8 Å². The minimum absolute atomic E-state index is 0.0691. The third-order valence-electron chi connectivity index (χ3n) is 2.57. The molecule has 0 spiro atoms. The highest BCUT2D eigenvalue weighted by Gasteiger charge is 2.30. The topological polar surface area (TPSA) is 52.6 Å². The lowest BCUT2D eigenvalue weighted by molar-refractivity contribution is -0.139. The molecule has 0 radical (unpaired) electrons. The van der Waals surface area contributed by atoms with Crippen LogP contribution in [0.2, 0.25) is 0 Å². The van der Waals surface area contributed by atoms with Crippen LogP contribution in [0.1, 0.15) is 25.0 Å². The van der Waals surface area contributed by atoms with Crippen LogP contribution in [0.5, 0.6) is 0 Å². The van der Waals surface area contributed by atoms with E-state index < -0.39 is 23.7 Å². The Bertz CT molecular complexity index is 559. The lowest BCUT2D eigenvalue weighted by atomic mass is 10.0. The van der Waals surface area contributed by atoms with Crippen LogP contribution in [0.3, 0.4) is 0 Å². The van der Waals surface area contributed by atoms with E-state index in [2.05, 4.69) is 0 Å². The molecule has 0 bridgehead atoms. The Morgan fingerprint density at radius 1 is 1.05 bits per heavy atom. The van der Waals surface area contributed by atoms with Crippen molar-refractivity contribution >= 4 is 17.5 Å². The van der Waals surface area contributed by atoms with Crippen LogP contribution < -0.4 is 0 Å². The molecule has 0 amide bonds. The van der Waals surface area contributed by atoms with Crippen LogP contribution in [0, 0.1) is 0 Å². The highest BCUT2D eigenvalue weighted by molar-refractivity contribution is 6.20. The van der Waals surface area contributed by atoms with E-state index in [1.165, 1.54) is 0 Å². The van der Waals surface area contributed by atoms with Crippen molar-refractivity contribution in [3.05, 3.63) is 41.5 Å². The summed E-state index contributed by atoms with van der Waals surface area (Å²) in [6, 6.07) is 3.86. The SMILES string of the molecule is CCOC(=O)/C=C(\C(=O)OCC)c1ccc(C(F)(F)F)cc1. The van der Waals surface area contributed by atoms with Crippen molar-refractivity contribution in [1.29, 1.82) is 0 Å². The number of carbonyl (C=O) groups excluding carboxylic acids is 2. The highest BCUT2D eigenvalue weighted by atomic mass is 19.4. The van der Waals surface area contributed by atoms with Gasteiger partial charge in [-0.15, -0.1) is 0 Å². The first-order chi connectivity index (χ1) is 10.3. The molecule has 0 aliphatic heterocycles. The first-order valence-corrected chi connectivity index (χ1v) is 6.52. The molecule has 0 saturated carbocycles. The number of alkyl halides is 3. The van der Waals surface area contributed by atoms with Gasteiger partial charge >= 0.3 is 18.1 Å². The maximum atomic E-state index is 12.5. The molecule has 0 aliphatic carbocycles. The van der Waals surface area contributed by atoms with Crippen molar-refractivity contribution in [2.75, 3.05) is 13.2 Å². The lowest BCUT2D eigenvalue weighted by Gasteiger charge is -2.10. The molecule has 0 unspecified atom stereocenters. The second-order valence-corrected chi connectivity index (χ2v) is 4.11. The van der Waals surface area contributed by atoms with E-state index in [-0.39, 0.29) is 24.4 Å². The molecule has 22 heavy (non-hydrogen) atoms. The number of ether oxygens (including phenoxy) is 2. The third-order valence-corrected chi connectivity index (χ3v) is 2.57. The summed E-state index contributed by atoms with van der Waals surface area (Å²) < 4.78 is 47.1. The summed E-state index contributed by atoms with van der Waals surface area (Å²) in [4.78, 5) is 23.3. The molecule has 0 saturated heterocycles. The zero-order valence-electron chi connectivity index (χ0n) is 12.1. The van der Waals surface area contributed by atoms with E-state index in [4.69, 9.17) is 9.47 Å². The maximum absolute atomic E-state index is 12.5. The van der Waals surface area contributed by atoms with Gasteiger partial charge in [0.15, 0.2) is 0 Å². The quantitative estimate of drug-likeness (QED) is 0.618. The van der Waals surface area contributed by atoms with E-state index >= 15 is 0 Å². The Kier molecular flexibility index (Phi) is 6.15. The van der Waals surface area contributed by atoms with Crippen LogP contribution in [-0.2, 0) is 25.2 Å². The fraction of sp³-hybridized carbons (Fsp3) is 0.333. The van der Waals surface area contributed by atoms with Crippen LogP contribution in [0.25, 0.3) is 5.57 Å². The smallest absolute Gasteiger partial charge is 0.416 e. The summed E-state index contributed by atoms with van der Waals surface area (Å²) in [5.41, 5.74) is -0.871. The molecule has 0 heterocycles. The molecular formula is C15H15F3O4. The molecular weight excluding hydrogens is 301 g/mol. The first-order valence-electron chi connectivity index (χ1n) is 6.52. The summed E-state index contributed by atoms with van der Waals surface area (Å²) in [5, 5.41) is 0. The third kappa shape index (κ3) is 4.91. The standard InChI is InChI=1S/C15H15F3O4/c1-3-21-13(19)9-12(14(20)22-4-2)10-5-7-11(8-6-10)15(16,17)18/h5-9H,3-4H2,1-2H3/b12-9-. The summed E-state index contributed by atoms with van der Waals surface area (Å²) >= 11 is 0. The van der Waals surface area contributed by atoms with E-state index in [9.17, 15) is 22.8 Å². The summed E-state index contributed by atoms with van der Waals surface area (Å²) in [6.07, 6.45) is -3.57. The number of esters is 2. The Morgan fingerprint density at radius 3 is 2.05 bits per heavy atom. The van der Waals surface area contributed by atoms with Crippen LogP contribution in [0.4, 0.5) is 13.2 Å². The summed E-state index contributed by atoms with van der Waals surface area (Å²) in [6.45, 7) is 3.35. The fourth-order valence-corrected chi connectivity index (χ4v) is 1.61. The zero-order valence-corrected chi connectivity index (χ0v) is 12.1. The fourth-order valence-electron chi connectivity index (χ4n) is 1.61. The predicted octanol–water partition coefficient (Wildman–Crippen LogP) is 3.22. The van der Waals surface area contributed by atoms with Gasteiger partial charge in [-0.25, -0.2) is 9.59 Å².